The zero-order valence-corrected chi connectivity index (χ0v) is 20.6. The summed E-state index contributed by atoms with van der Waals surface area (Å²) in [6, 6.07) is 4.03. The van der Waals surface area contributed by atoms with Gasteiger partial charge in [-0.1, -0.05) is 18.8 Å². The summed E-state index contributed by atoms with van der Waals surface area (Å²) in [5.74, 6) is 5.70. The first-order valence-electron chi connectivity index (χ1n) is 11.4. The summed E-state index contributed by atoms with van der Waals surface area (Å²) >= 11 is 0. The van der Waals surface area contributed by atoms with Crippen molar-refractivity contribution in [1.29, 1.82) is 0 Å². The van der Waals surface area contributed by atoms with Gasteiger partial charge >= 0.3 is 0 Å². The van der Waals surface area contributed by atoms with E-state index in [0.29, 0.717) is 18.4 Å². The Hall–Kier alpha value is -2.12. The van der Waals surface area contributed by atoms with Crippen molar-refractivity contribution < 1.29 is 28.2 Å². The molecule has 8 nitrogen and oxygen atoms in total. The van der Waals surface area contributed by atoms with Crippen LogP contribution in [-0.4, -0.2) is 78.2 Å². The van der Waals surface area contributed by atoms with Gasteiger partial charge in [-0.3, -0.25) is 4.79 Å². The third kappa shape index (κ3) is 5.69. The van der Waals surface area contributed by atoms with Crippen LogP contribution in [0.15, 0.2) is 23.1 Å². The molecule has 1 aromatic carbocycles. The minimum atomic E-state index is -3.94. The number of hydrogen-bond donors (Lipinski definition) is 2. The zero-order chi connectivity index (χ0) is 24.4. The summed E-state index contributed by atoms with van der Waals surface area (Å²) in [7, 11) is -2.27. The molecule has 0 radical (unpaired) electrons. The number of aliphatic hydroxyl groups excluding tert-OH is 1. The van der Waals surface area contributed by atoms with Crippen LogP contribution in [0.3, 0.4) is 0 Å². The monoisotopic (exact) mass is 478 g/mol. The highest BCUT2D eigenvalue weighted by Gasteiger charge is 2.38. The topological polar surface area (TPSA) is 107 Å². The van der Waals surface area contributed by atoms with Gasteiger partial charge in [0.15, 0.2) is 0 Å². The number of nitrogens with zero attached hydrogens (tertiary/aromatic N) is 2. The quantitative estimate of drug-likeness (QED) is 0.637. The summed E-state index contributed by atoms with van der Waals surface area (Å²) in [4.78, 5) is 13.4. The van der Waals surface area contributed by atoms with Crippen LogP contribution in [0.4, 0.5) is 0 Å². The van der Waals surface area contributed by atoms with Crippen molar-refractivity contribution in [2.45, 2.75) is 69.1 Å². The number of hydrogen-bond acceptors (Lipinski definition) is 6. The lowest BCUT2D eigenvalue weighted by atomic mass is 10.0. The van der Waals surface area contributed by atoms with Crippen LogP contribution in [0.1, 0.15) is 52.0 Å². The highest BCUT2D eigenvalue weighted by atomic mass is 32.2. The van der Waals surface area contributed by atoms with Crippen molar-refractivity contribution in [1.82, 2.24) is 9.21 Å². The van der Waals surface area contributed by atoms with Gasteiger partial charge in [0.25, 0.3) is 0 Å². The Balaban J connectivity index is 2.06. The SMILES string of the molecule is CC(=O)N(C)C[C@@H]1Oc2cc(C#CC3(O)CCCC3)ccc2S(=O)(=O)N([C@H](C)CO)C[C@H]1C. The third-order valence-electron chi connectivity index (χ3n) is 6.53. The number of sulfonamides is 1. The summed E-state index contributed by atoms with van der Waals surface area (Å²) in [5, 5.41) is 20.2. The molecule has 182 valence electrons. The largest absolute Gasteiger partial charge is 0.487 e. The van der Waals surface area contributed by atoms with Crippen molar-refractivity contribution in [3.63, 3.8) is 0 Å². The van der Waals surface area contributed by atoms with Crippen LogP contribution in [-0.2, 0) is 14.8 Å². The highest BCUT2D eigenvalue weighted by Crippen LogP contribution is 2.34. The molecule has 0 bridgehead atoms. The first kappa shape index (κ1) is 25.5. The molecular weight excluding hydrogens is 444 g/mol. The van der Waals surface area contributed by atoms with E-state index in [2.05, 4.69) is 11.8 Å². The molecule has 2 N–H and O–H groups in total. The van der Waals surface area contributed by atoms with Gasteiger partial charge in [-0.15, -0.1) is 0 Å². The molecule has 1 fully saturated rings. The van der Waals surface area contributed by atoms with Gasteiger partial charge in [0.1, 0.15) is 22.4 Å². The Morgan fingerprint density at radius 1 is 1.36 bits per heavy atom. The molecular formula is C24H34N2O6S. The number of aliphatic hydroxyl groups is 2. The molecule has 0 aromatic heterocycles. The smallest absolute Gasteiger partial charge is 0.247 e. The fraction of sp³-hybridized carbons (Fsp3) is 0.625. The Labute approximate surface area is 196 Å². The molecule has 9 heteroatoms. The lowest BCUT2D eigenvalue weighted by Crippen LogP contribution is -2.50. The van der Waals surface area contributed by atoms with Gasteiger partial charge in [0.2, 0.25) is 15.9 Å². The lowest BCUT2D eigenvalue weighted by Gasteiger charge is -2.37. The van der Waals surface area contributed by atoms with E-state index in [1.807, 2.05) is 6.92 Å². The van der Waals surface area contributed by atoms with Crippen molar-refractivity contribution in [3.05, 3.63) is 23.8 Å². The van der Waals surface area contributed by atoms with E-state index in [4.69, 9.17) is 4.74 Å². The molecule has 1 aliphatic heterocycles. The summed E-state index contributed by atoms with van der Waals surface area (Å²) in [6.45, 7) is 5.11. The van der Waals surface area contributed by atoms with Crippen LogP contribution in [0.25, 0.3) is 0 Å². The molecule has 33 heavy (non-hydrogen) atoms. The van der Waals surface area contributed by atoms with E-state index in [9.17, 15) is 23.4 Å². The third-order valence-corrected chi connectivity index (χ3v) is 8.55. The van der Waals surface area contributed by atoms with Crippen LogP contribution in [0.5, 0.6) is 5.75 Å². The molecule has 1 heterocycles. The summed E-state index contributed by atoms with van der Waals surface area (Å²) < 4.78 is 34.5. The molecule has 1 amide bonds. The molecule has 3 rings (SSSR count). The predicted molar refractivity (Wildman–Crippen MR) is 124 cm³/mol. The Morgan fingerprint density at radius 3 is 2.64 bits per heavy atom. The lowest BCUT2D eigenvalue weighted by molar-refractivity contribution is -0.129. The maximum atomic E-state index is 13.5. The number of carbonyl (C=O) groups is 1. The fourth-order valence-corrected chi connectivity index (χ4v) is 6.02. The van der Waals surface area contributed by atoms with Crippen molar-refractivity contribution >= 4 is 15.9 Å². The Morgan fingerprint density at radius 2 is 2.03 bits per heavy atom. The molecule has 0 unspecified atom stereocenters. The number of ether oxygens (including phenoxy) is 1. The number of amides is 1. The number of rotatable bonds is 4. The Bertz CT molecular complexity index is 1040. The van der Waals surface area contributed by atoms with Gasteiger partial charge in [-0.25, -0.2) is 8.42 Å². The fourth-order valence-electron chi connectivity index (χ4n) is 4.19. The maximum Gasteiger partial charge on any atom is 0.247 e. The number of carbonyl (C=O) groups excluding carboxylic acids is 1. The Kier molecular flexibility index (Phi) is 7.74. The van der Waals surface area contributed by atoms with E-state index in [1.54, 1.807) is 26.1 Å². The molecule has 1 aromatic rings. The first-order chi connectivity index (χ1) is 15.5. The predicted octanol–water partition coefficient (Wildman–Crippen LogP) is 1.59. The average molecular weight is 479 g/mol. The van der Waals surface area contributed by atoms with E-state index in [1.165, 1.54) is 22.2 Å². The minimum absolute atomic E-state index is 0.00435. The van der Waals surface area contributed by atoms with Crippen LogP contribution in [0.2, 0.25) is 0 Å². The number of fused-ring (bicyclic) bond motifs is 1. The molecule has 1 saturated carbocycles. The van der Waals surface area contributed by atoms with Crippen molar-refractivity contribution in [2.24, 2.45) is 5.92 Å². The molecule has 0 spiro atoms. The molecule has 3 atom stereocenters. The van der Waals surface area contributed by atoms with Gasteiger partial charge in [0.05, 0.1) is 13.2 Å². The highest BCUT2D eigenvalue weighted by molar-refractivity contribution is 7.89. The summed E-state index contributed by atoms with van der Waals surface area (Å²) in [6.07, 6.45) is 2.64. The standard InChI is InChI=1S/C24H34N2O6S/c1-17-14-26(18(2)16-27)33(30,31)23-8-7-20(9-12-24(29)10-5-6-11-24)13-21(23)32-22(17)15-25(4)19(3)28/h7-8,13,17-18,22,27,29H,5-6,10-11,14-16H2,1-4H3/t17-,18-,22+/m1/s1. The van der Waals surface area contributed by atoms with Crippen molar-refractivity contribution in [3.8, 4) is 17.6 Å². The van der Waals surface area contributed by atoms with E-state index >= 15 is 0 Å². The second-order valence-corrected chi connectivity index (χ2v) is 11.1. The van der Waals surface area contributed by atoms with E-state index < -0.39 is 27.8 Å². The number of benzene rings is 1. The minimum Gasteiger partial charge on any atom is -0.487 e. The van der Waals surface area contributed by atoms with Gasteiger partial charge in [-0.2, -0.15) is 4.31 Å². The van der Waals surface area contributed by atoms with Crippen molar-refractivity contribution in [2.75, 3.05) is 26.7 Å². The molecule has 2 aliphatic rings. The maximum absolute atomic E-state index is 13.5. The van der Waals surface area contributed by atoms with Crippen LogP contribution >= 0.6 is 0 Å². The zero-order valence-electron chi connectivity index (χ0n) is 19.7. The van der Waals surface area contributed by atoms with Crippen LogP contribution < -0.4 is 4.74 Å². The number of likely N-dealkylation sites (N-methyl/N-ethyl adjacent to an activating group) is 1. The van der Waals surface area contributed by atoms with Gasteiger partial charge in [-0.05, 0) is 50.8 Å². The average Bonchev–Trinajstić information content (AvgIpc) is 3.20. The second-order valence-electron chi connectivity index (χ2n) is 9.29. The first-order valence-corrected chi connectivity index (χ1v) is 12.8. The van der Waals surface area contributed by atoms with E-state index in [-0.39, 0.29) is 42.2 Å². The van der Waals surface area contributed by atoms with Gasteiger partial charge < -0.3 is 19.8 Å². The second kappa shape index (κ2) is 10.0. The normalized spacial score (nSPS) is 24.9. The molecule has 1 aliphatic carbocycles. The van der Waals surface area contributed by atoms with E-state index in [0.717, 1.165) is 12.8 Å². The van der Waals surface area contributed by atoms with Crippen LogP contribution in [0, 0.1) is 17.8 Å². The van der Waals surface area contributed by atoms with Gasteiger partial charge in [0, 0.05) is 38.0 Å². The summed E-state index contributed by atoms with van der Waals surface area (Å²) in [5.41, 5.74) is -0.468. The molecule has 0 saturated heterocycles.